The van der Waals surface area contributed by atoms with Gasteiger partial charge >= 0.3 is 5.69 Å². The topological polar surface area (TPSA) is 98.5 Å². The molecule has 0 atom stereocenters. The lowest BCUT2D eigenvalue weighted by molar-refractivity contribution is -0.111. The number of nitrogens with one attached hydrogen (secondary N) is 1. The molecule has 0 bridgehead atoms. The number of hydrogen-bond donors (Lipinski definition) is 1. The minimum Gasteiger partial charge on any atom is -0.378 e. The van der Waals surface area contributed by atoms with E-state index in [0.717, 1.165) is 23.5 Å². The van der Waals surface area contributed by atoms with Crippen LogP contribution in [-0.2, 0) is 23.6 Å². The summed E-state index contributed by atoms with van der Waals surface area (Å²) in [7, 11) is 2.94. The predicted molar refractivity (Wildman–Crippen MR) is 102 cm³/mol. The van der Waals surface area contributed by atoms with Crippen molar-refractivity contribution in [2.75, 3.05) is 36.5 Å². The van der Waals surface area contributed by atoms with Crippen LogP contribution in [0.15, 0.2) is 40.2 Å². The van der Waals surface area contributed by atoms with E-state index in [-0.39, 0.29) is 5.56 Å². The van der Waals surface area contributed by atoms with Gasteiger partial charge in [0, 0.05) is 39.5 Å². The van der Waals surface area contributed by atoms with Crippen molar-refractivity contribution >= 4 is 23.5 Å². The fraction of sp³-hybridized carbons (Fsp3) is 0.333. The molecule has 0 aliphatic carbocycles. The molecule has 1 aliphatic rings. The number of aryl methyl sites for hydroxylation is 1. The van der Waals surface area contributed by atoms with Crippen molar-refractivity contribution in [1.82, 2.24) is 14.1 Å². The van der Waals surface area contributed by atoms with Crippen molar-refractivity contribution in [3.8, 4) is 0 Å². The highest BCUT2D eigenvalue weighted by Crippen LogP contribution is 2.15. The number of anilines is 2. The molecule has 27 heavy (non-hydrogen) atoms. The van der Waals surface area contributed by atoms with E-state index in [1.165, 1.54) is 30.0 Å². The highest BCUT2D eigenvalue weighted by Gasteiger charge is 2.12. The first-order valence-electron chi connectivity index (χ1n) is 8.50. The van der Waals surface area contributed by atoms with Gasteiger partial charge in [0.1, 0.15) is 5.82 Å². The van der Waals surface area contributed by atoms with E-state index in [2.05, 4.69) is 15.2 Å². The summed E-state index contributed by atoms with van der Waals surface area (Å²) in [4.78, 5) is 42.3. The predicted octanol–water partition coefficient (Wildman–Crippen LogP) is -0.0325. The molecule has 2 aromatic heterocycles. The molecular formula is C18H21N5O4. The van der Waals surface area contributed by atoms with Gasteiger partial charge in [0.25, 0.3) is 5.56 Å². The highest BCUT2D eigenvalue weighted by atomic mass is 16.5. The van der Waals surface area contributed by atoms with Crippen LogP contribution in [0, 0.1) is 0 Å². The normalized spacial score (nSPS) is 14.5. The fourth-order valence-corrected chi connectivity index (χ4v) is 2.74. The number of carbonyl (C=O) groups is 1. The van der Waals surface area contributed by atoms with Gasteiger partial charge < -0.3 is 19.5 Å². The number of ether oxygens (including phenoxy) is 1. The van der Waals surface area contributed by atoms with Gasteiger partial charge in [0.05, 0.1) is 30.7 Å². The Morgan fingerprint density at radius 3 is 2.63 bits per heavy atom. The molecule has 2 aromatic rings. The third-order valence-electron chi connectivity index (χ3n) is 4.24. The van der Waals surface area contributed by atoms with E-state index in [1.54, 1.807) is 19.3 Å². The van der Waals surface area contributed by atoms with Crippen LogP contribution in [-0.4, -0.2) is 46.3 Å². The van der Waals surface area contributed by atoms with Gasteiger partial charge in [-0.1, -0.05) is 0 Å². The largest absolute Gasteiger partial charge is 0.378 e. The van der Waals surface area contributed by atoms with Gasteiger partial charge in [-0.05, 0) is 18.2 Å². The second kappa shape index (κ2) is 8.00. The molecule has 0 unspecified atom stereocenters. The molecule has 0 radical (unpaired) electrons. The van der Waals surface area contributed by atoms with Crippen molar-refractivity contribution in [2.24, 2.45) is 14.1 Å². The summed E-state index contributed by atoms with van der Waals surface area (Å²) in [5.41, 5.74) is -0.0859. The lowest BCUT2D eigenvalue weighted by Gasteiger charge is -2.27. The molecule has 9 nitrogen and oxygen atoms in total. The minimum atomic E-state index is -0.460. The Kier molecular flexibility index (Phi) is 5.51. The number of morpholine rings is 1. The van der Waals surface area contributed by atoms with Gasteiger partial charge in [0.15, 0.2) is 0 Å². The molecule has 1 saturated heterocycles. The Bertz CT molecular complexity index is 969. The van der Waals surface area contributed by atoms with Crippen LogP contribution in [0.4, 0.5) is 11.5 Å². The zero-order chi connectivity index (χ0) is 19.4. The number of pyridine rings is 1. The third-order valence-corrected chi connectivity index (χ3v) is 4.24. The second-order valence-corrected chi connectivity index (χ2v) is 6.17. The van der Waals surface area contributed by atoms with Gasteiger partial charge in [-0.2, -0.15) is 0 Å². The summed E-state index contributed by atoms with van der Waals surface area (Å²) in [5, 5.41) is 2.69. The summed E-state index contributed by atoms with van der Waals surface area (Å²) in [5.74, 6) is 0.437. The highest BCUT2D eigenvalue weighted by molar-refractivity contribution is 6.01. The number of aromatic nitrogens is 3. The van der Waals surface area contributed by atoms with Crippen LogP contribution in [0.5, 0.6) is 0 Å². The molecule has 1 N–H and O–H groups in total. The molecule has 1 amide bonds. The zero-order valence-corrected chi connectivity index (χ0v) is 15.2. The fourth-order valence-electron chi connectivity index (χ4n) is 2.74. The average molecular weight is 371 g/mol. The third kappa shape index (κ3) is 4.32. The molecule has 3 heterocycles. The molecule has 3 rings (SSSR count). The second-order valence-electron chi connectivity index (χ2n) is 6.17. The van der Waals surface area contributed by atoms with Crippen LogP contribution in [0.3, 0.4) is 0 Å². The number of hydrogen-bond acceptors (Lipinski definition) is 6. The summed E-state index contributed by atoms with van der Waals surface area (Å²) in [6.07, 6.45) is 5.61. The van der Waals surface area contributed by atoms with E-state index >= 15 is 0 Å². The zero-order valence-electron chi connectivity index (χ0n) is 15.2. The van der Waals surface area contributed by atoms with Crippen LogP contribution < -0.4 is 21.5 Å². The van der Waals surface area contributed by atoms with Gasteiger partial charge in [-0.15, -0.1) is 0 Å². The quantitative estimate of drug-likeness (QED) is 0.758. The molecular weight excluding hydrogens is 350 g/mol. The lowest BCUT2D eigenvalue weighted by atomic mass is 10.3. The minimum absolute atomic E-state index is 0.246. The summed E-state index contributed by atoms with van der Waals surface area (Å²) in [6, 6.07) is 3.61. The molecule has 1 aliphatic heterocycles. The van der Waals surface area contributed by atoms with Crippen molar-refractivity contribution in [3.05, 3.63) is 57.0 Å². The lowest BCUT2D eigenvalue weighted by Crippen LogP contribution is -2.37. The van der Waals surface area contributed by atoms with E-state index in [9.17, 15) is 14.4 Å². The molecule has 1 fully saturated rings. The average Bonchev–Trinajstić information content (AvgIpc) is 2.69. The molecule has 0 spiro atoms. The Morgan fingerprint density at radius 2 is 1.96 bits per heavy atom. The number of amides is 1. The van der Waals surface area contributed by atoms with Gasteiger partial charge in [0.2, 0.25) is 5.91 Å². The maximum absolute atomic E-state index is 12.1. The first-order chi connectivity index (χ1) is 13.0. The standard InChI is InChI=1S/C18H21N5O4/c1-21-12-13(17(25)22(2)18(21)26)3-6-16(24)20-14-4-5-15(19-11-14)23-7-9-27-10-8-23/h3-6,11-12H,7-10H2,1-2H3,(H,20,24)/b6-3+. The van der Waals surface area contributed by atoms with E-state index < -0.39 is 17.2 Å². The van der Waals surface area contributed by atoms with E-state index in [0.29, 0.717) is 18.9 Å². The Hall–Kier alpha value is -3.20. The maximum atomic E-state index is 12.1. The van der Waals surface area contributed by atoms with Crippen molar-refractivity contribution in [1.29, 1.82) is 0 Å². The maximum Gasteiger partial charge on any atom is 0.330 e. The Labute approximate surface area is 155 Å². The summed E-state index contributed by atoms with van der Waals surface area (Å²) < 4.78 is 7.59. The van der Waals surface area contributed by atoms with E-state index in [4.69, 9.17) is 4.74 Å². The molecule has 0 aromatic carbocycles. The summed E-state index contributed by atoms with van der Waals surface area (Å²) in [6.45, 7) is 2.93. The van der Waals surface area contributed by atoms with Crippen molar-refractivity contribution < 1.29 is 9.53 Å². The SMILES string of the molecule is Cn1cc(/C=C/C(=O)Nc2ccc(N3CCOCC3)nc2)c(=O)n(C)c1=O. The van der Waals surface area contributed by atoms with E-state index in [1.807, 2.05) is 6.07 Å². The van der Waals surface area contributed by atoms with Crippen molar-refractivity contribution in [2.45, 2.75) is 0 Å². The molecule has 142 valence electrons. The first kappa shape index (κ1) is 18.6. The smallest absolute Gasteiger partial charge is 0.330 e. The summed E-state index contributed by atoms with van der Waals surface area (Å²) >= 11 is 0. The van der Waals surface area contributed by atoms with Crippen LogP contribution in [0.2, 0.25) is 0 Å². The van der Waals surface area contributed by atoms with Crippen LogP contribution >= 0.6 is 0 Å². The van der Waals surface area contributed by atoms with Gasteiger partial charge in [-0.25, -0.2) is 9.78 Å². The number of rotatable bonds is 4. The molecule has 0 saturated carbocycles. The van der Waals surface area contributed by atoms with Crippen molar-refractivity contribution in [3.63, 3.8) is 0 Å². The number of carbonyl (C=O) groups excluding carboxylic acids is 1. The van der Waals surface area contributed by atoms with Crippen LogP contribution in [0.25, 0.3) is 6.08 Å². The monoisotopic (exact) mass is 371 g/mol. The Morgan fingerprint density at radius 1 is 1.22 bits per heavy atom. The Balaban J connectivity index is 1.66. The first-order valence-corrected chi connectivity index (χ1v) is 8.50. The van der Waals surface area contributed by atoms with Crippen LogP contribution in [0.1, 0.15) is 5.56 Å². The molecule has 9 heteroatoms. The number of nitrogens with zero attached hydrogens (tertiary/aromatic N) is 4. The van der Waals surface area contributed by atoms with Gasteiger partial charge in [-0.3, -0.25) is 14.2 Å².